The average Bonchev–Trinajstić information content (AvgIpc) is 2.62. The molecule has 132 valence electrons. The number of hydrogen-bond acceptors (Lipinski definition) is 6. The molecule has 0 amide bonds. The van der Waals surface area contributed by atoms with E-state index in [9.17, 15) is 9.90 Å². The van der Waals surface area contributed by atoms with E-state index in [0.717, 1.165) is 5.69 Å². The maximum Gasteiger partial charge on any atom is 0.337 e. The molecule has 8 heteroatoms. The lowest BCUT2D eigenvalue weighted by atomic mass is 10.2. The Labute approximate surface area is 154 Å². The summed E-state index contributed by atoms with van der Waals surface area (Å²) in [4.78, 5) is 19.6. The summed E-state index contributed by atoms with van der Waals surface area (Å²) in [7, 11) is 1.55. The molecular weight excluding hydrogens is 356 g/mol. The summed E-state index contributed by atoms with van der Waals surface area (Å²) in [5.74, 6) is 0.535. The molecule has 1 aromatic heterocycles. The minimum atomic E-state index is -1.02. The van der Waals surface area contributed by atoms with Crippen LogP contribution in [0.15, 0.2) is 54.9 Å². The second kappa shape index (κ2) is 7.71. The van der Waals surface area contributed by atoms with Crippen LogP contribution in [0.2, 0.25) is 5.02 Å². The lowest BCUT2D eigenvalue weighted by Crippen LogP contribution is -2.04. The van der Waals surface area contributed by atoms with Gasteiger partial charge in [0.1, 0.15) is 23.7 Å². The van der Waals surface area contributed by atoms with Gasteiger partial charge in [-0.2, -0.15) is 0 Å². The number of methoxy groups -OCH3 is 1. The molecule has 0 saturated heterocycles. The molecule has 0 atom stereocenters. The lowest BCUT2D eigenvalue weighted by Gasteiger charge is -2.11. The predicted octanol–water partition coefficient (Wildman–Crippen LogP) is 4.32. The number of aromatic nitrogens is 2. The van der Waals surface area contributed by atoms with Crippen LogP contribution < -0.4 is 15.4 Å². The van der Waals surface area contributed by atoms with E-state index in [1.165, 1.54) is 12.4 Å². The fourth-order valence-electron chi connectivity index (χ4n) is 2.30. The van der Waals surface area contributed by atoms with Crippen LogP contribution in [0.4, 0.5) is 23.0 Å². The Hall–Kier alpha value is -3.32. The number of hydrogen-bond donors (Lipinski definition) is 3. The highest BCUT2D eigenvalue weighted by atomic mass is 35.5. The molecule has 0 saturated carbocycles. The molecule has 7 nitrogen and oxygen atoms in total. The van der Waals surface area contributed by atoms with Crippen LogP contribution in [-0.2, 0) is 0 Å². The summed E-state index contributed by atoms with van der Waals surface area (Å²) in [6.07, 6.45) is 1.37. The van der Waals surface area contributed by atoms with Crippen molar-refractivity contribution in [2.75, 3.05) is 17.7 Å². The number of nitrogens with one attached hydrogen (secondary N) is 2. The average molecular weight is 371 g/mol. The maximum atomic E-state index is 11.3. The Morgan fingerprint density at radius 2 is 1.81 bits per heavy atom. The molecule has 0 aliphatic heterocycles. The van der Waals surface area contributed by atoms with Gasteiger partial charge in [0.2, 0.25) is 0 Å². The number of anilines is 4. The third-order valence-electron chi connectivity index (χ3n) is 3.51. The third kappa shape index (κ3) is 4.01. The number of halogens is 1. The first kappa shape index (κ1) is 17.5. The van der Waals surface area contributed by atoms with Crippen LogP contribution >= 0.6 is 11.6 Å². The van der Waals surface area contributed by atoms with Gasteiger partial charge in [-0.3, -0.25) is 0 Å². The van der Waals surface area contributed by atoms with Gasteiger partial charge < -0.3 is 20.5 Å². The second-order valence-electron chi connectivity index (χ2n) is 5.24. The van der Waals surface area contributed by atoms with E-state index < -0.39 is 5.97 Å². The fourth-order valence-corrected chi connectivity index (χ4v) is 2.56. The second-order valence-corrected chi connectivity index (χ2v) is 5.65. The number of carbonyl (C=O) groups is 1. The molecule has 3 N–H and O–H groups in total. The number of aromatic carboxylic acids is 1. The van der Waals surface area contributed by atoms with E-state index in [2.05, 4.69) is 20.6 Å². The summed E-state index contributed by atoms with van der Waals surface area (Å²) < 4.78 is 5.12. The highest BCUT2D eigenvalue weighted by Crippen LogP contribution is 2.29. The van der Waals surface area contributed by atoms with Gasteiger partial charge in [0.05, 0.1) is 23.4 Å². The fraction of sp³-hybridized carbons (Fsp3) is 0.0556. The molecule has 0 spiro atoms. The number of para-hydroxylation sites is 1. The molecule has 2 aromatic carbocycles. The van der Waals surface area contributed by atoms with Crippen molar-refractivity contribution in [1.82, 2.24) is 9.97 Å². The summed E-state index contributed by atoms with van der Waals surface area (Å²) in [6.45, 7) is 0. The Bertz CT molecular complexity index is 949. The standard InChI is InChI=1S/C18H15ClN4O3/c1-26-15-7-6-11(8-13(15)19)22-16-9-17(21-10-20-16)23-14-5-3-2-4-12(14)18(24)25/h2-10H,1H3,(H,24,25)(H2,20,21,22,23). The quantitative estimate of drug-likeness (QED) is 0.594. The minimum Gasteiger partial charge on any atom is -0.495 e. The zero-order valence-electron chi connectivity index (χ0n) is 13.7. The number of carboxylic acids is 1. The maximum absolute atomic E-state index is 11.3. The van der Waals surface area contributed by atoms with E-state index in [-0.39, 0.29) is 5.56 Å². The Morgan fingerprint density at radius 1 is 1.08 bits per heavy atom. The number of benzene rings is 2. The summed E-state index contributed by atoms with van der Waals surface area (Å²) >= 11 is 6.12. The first-order valence-electron chi connectivity index (χ1n) is 7.59. The van der Waals surface area contributed by atoms with Gasteiger partial charge in [0, 0.05) is 11.8 Å². The Morgan fingerprint density at radius 3 is 2.50 bits per heavy atom. The van der Waals surface area contributed by atoms with Gasteiger partial charge in [0.15, 0.2) is 0 Å². The summed E-state index contributed by atoms with van der Waals surface area (Å²) in [5.41, 5.74) is 1.33. The molecule has 26 heavy (non-hydrogen) atoms. The lowest BCUT2D eigenvalue weighted by molar-refractivity contribution is 0.0698. The van der Waals surface area contributed by atoms with Crippen LogP contribution in [0.5, 0.6) is 5.75 Å². The first-order chi connectivity index (χ1) is 12.6. The normalized spacial score (nSPS) is 10.2. The van der Waals surface area contributed by atoms with Crippen LogP contribution in [0.3, 0.4) is 0 Å². The van der Waals surface area contributed by atoms with Crippen LogP contribution in [0.1, 0.15) is 10.4 Å². The molecule has 0 bridgehead atoms. The van der Waals surface area contributed by atoms with Gasteiger partial charge in [-0.15, -0.1) is 0 Å². The molecule has 1 heterocycles. The zero-order valence-corrected chi connectivity index (χ0v) is 14.5. The molecule has 0 radical (unpaired) electrons. The van der Waals surface area contributed by atoms with Crippen molar-refractivity contribution in [1.29, 1.82) is 0 Å². The molecule has 0 aliphatic carbocycles. The highest BCUT2D eigenvalue weighted by Gasteiger charge is 2.10. The van der Waals surface area contributed by atoms with Gasteiger partial charge in [-0.25, -0.2) is 14.8 Å². The number of ether oxygens (including phenoxy) is 1. The van der Waals surface area contributed by atoms with Crippen LogP contribution in [-0.4, -0.2) is 28.2 Å². The summed E-state index contributed by atoms with van der Waals surface area (Å²) in [6, 6.07) is 13.5. The van der Waals surface area contributed by atoms with E-state index in [0.29, 0.717) is 28.1 Å². The van der Waals surface area contributed by atoms with Crippen molar-refractivity contribution in [2.24, 2.45) is 0 Å². The van der Waals surface area contributed by atoms with E-state index in [1.54, 1.807) is 49.6 Å². The smallest absolute Gasteiger partial charge is 0.337 e. The van der Waals surface area contributed by atoms with Gasteiger partial charge in [-0.1, -0.05) is 23.7 Å². The van der Waals surface area contributed by atoms with Crippen molar-refractivity contribution in [3.05, 3.63) is 65.4 Å². The summed E-state index contributed by atoms with van der Waals surface area (Å²) in [5, 5.41) is 15.8. The van der Waals surface area contributed by atoms with E-state index >= 15 is 0 Å². The predicted molar refractivity (Wildman–Crippen MR) is 100 cm³/mol. The Kier molecular flexibility index (Phi) is 5.19. The molecule has 3 aromatic rings. The van der Waals surface area contributed by atoms with Crippen molar-refractivity contribution in [3.63, 3.8) is 0 Å². The molecule has 0 aliphatic rings. The van der Waals surface area contributed by atoms with Crippen LogP contribution in [0, 0.1) is 0 Å². The molecule has 0 unspecified atom stereocenters. The van der Waals surface area contributed by atoms with E-state index in [4.69, 9.17) is 16.3 Å². The monoisotopic (exact) mass is 370 g/mol. The molecular formula is C18H15ClN4O3. The molecule has 0 fully saturated rings. The van der Waals surface area contributed by atoms with Crippen LogP contribution in [0.25, 0.3) is 0 Å². The van der Waals surface area contributed by atoms with Crippen molar-refractivity contribution in [2.45, 2.75) is 0 Å². The number of rotatable bonds is 6. The number of carboxylic acid groups (broad SMARTS) is 1. The van der Waals surface area contributed by atoms with E-state index in [1.807, 2.05) is 0 Å². The number of nitrogens with zero attached hydrogens (tertiary/aromatic N) is 2. The van der Waals surface area contributed by atoms with Crippen molar-refractivity contribution in [3.8, 4) is 5.75 Å². The van der Waals surface area contributed by atoms with Crippen molar-refractivity contribution < 1.29 is 14.6 Å². The molecule has 3 rings (SSSR count). The minimum absolute atomic E-state index is 0.155. The van der Waals surface area contributed by atoms with Crippen molar-refractivity contribution >= 4 is 40.6 Å². The Balaban J connectivity index is 1.81. The largest absolute Gasteiger partial charge is 0.495 e. The SMILES string of the molecule is COc1ccc(Nc2cc(Nc3ccccc3C(=O)O)ncn2)cc1Cl. The zero-order chi connectivity index (χ0) is 18.5. The van der Waals surface area contributed by atoms with Gasteiger partial charge >= 0.3 is 5.97 Å². The highest BCUT2D eigenvalue weighted by molar-refractivity contribution is 6.32. The topological polar surface area (TPSA) is 96.4 Å². The third-order valence-corrected chi connectivity index (χ3v) is 3.81. The van der Waals surface area contributed by atoms with Gasteiger partial charge in [-0.05, 0) is 30.3 Å². The first-order valence-corrected chi connectivity index (χ1v) is 7.96. The van der Waals surface area contributed by atoms with Gasteiger partial charge in [0.25, 0.3) is 0 Å².